The van der Waals surface area contributed by atoms with Crippen molar-refractivity contribution in [1.82, 2.24) is 5.32 Å². The molecule has 23 heavy (non-hydrogen) atoms. The molecule has 0 bridgehead atoms. The van der Waals surface area contributed by atoms with Gasteiger partial charge in [-0.2, -0.15) is 5.26 Å². The fourth-order valence-electron chi connectivity index (χ4n) is 3.66. The van der Waals surface area contributed by atoms with E-state index in [0.717, 1.165) is 23.2 Å². The Morgan fingerprint density at radius 1 is 1.30 bits per heavy atom. The number of rotatable bonds is 1. The molecule has 0 amide bonds. The molecular formula is C19H21N3O. The van der Waals surface area contributed by atoms with Gasteiger partial charge in [-0.15, -0.1) is 0 Å². The molecule has 3 rings (SSSR count). The van der Waals surface area contributed by atoms with E-state index in [0.29, 0.717) is 23.4 Å². The Morgan fingerprint density at radius 3 is 2.65 bits per heavy atom. The average Bonchev–Trinajstić information content (AvgIpc) is 2.45. The minimum absolute atomic E-state index is 0.0936. The van der Waals surface area contributed by atoms with Gasteiger partial charge in [-0.3, -0.25) is 4.79 Å². The van der Waals surface area contributed by atoms with E-state index < -0.39 is 0 Å². The number of dihydropyridines is 1. The third-order valence-corrected chi connectivity index (χ3v) is 4.69. The Labute approximate surface area is 136 Å². The molecule has 4 heteroatoms. The molecule has 0 saturated carbocycles. The van der Waals surface area contributed by atoms with E-state index in [9.17, 15) is 10.1 Å². The van der Waals surface area contributed by atoms with Crippen molar-refractivity contribution in [3.05, 3.63) is 58.1 Å². The number of nitriles is 1. The Kier molecular flexibility index (Phi) is 3.52. The molecule has 0 fully saturated rings. The van der Waals surface area contributed by atoms with E-state index in [-0.39, 0.29) is 17.1 Å². The van der Waals surface area contributed by atoms with Crippen molar-refractivity contribution < 1.29 is 4.79 Å². The summed E-state index contributed by atoms with van der Waals surface area (Å²) in [5, 5.41) is 12.7. The summed E-state index contributed by atoms with van der Waals surface area (Å²) in [7, 11) is 0. The summed E-state index contributed by atoms with van der Waals surface area (Å²) in [5.74, 6) is 0.114. The van der Waals surface area contributed by atoms with Gasteiger partial charge in [0, 0.05) is 17.7 Å². The highest BCUT2D eigenvalue weighted by atomic mass is 16.1. The van der Waals surface area contributed by atoms with E-state index >= 15 is 0 Å². The maximum atomic E-state index is 12.8. The Bertz CT molecular complexity index is 793. The van der Waals surface area contributed by atoms with Gasteiger partial charge in [0.25, 0.3) is 0 Å². The summed E-state index contributed by atoms with van der Waals surface area (Å²) in [6.07, 6.45) is 1.25. The number of Topliss-reactive ketones (excluding diaryl/α,β-unsaturated/α-hetero) is 1. The summed E-state index contributed by atoms with van der Waals surface area (Å²) in [4.78, 5) is 12.8. The highest BCUT2D eigenvalue weighted by Crippen LogP contribution is 2.46. The van der Waals surface area contributed by atoms with Crippen molar-refractivity contribution >= 4 is 5.78 Å². The normalized spacial score (nSPS) is 23.2. The van der Waals surface area contributed by atoms with Crippen LogP contribution in [0.5, 0.6) is 0 Å². The van der Waals surface area contributed by atoms with Crippen LogP contribution in [0.25, 0.3) is 0 Å². The molecule has 0 spiro atoms. The van der Waals surface area contributed by atoms with Gasteiger partial charge in [-0.05, 0) is 29.9 Å². The molecule has 0 saturated heterocycles. The van der Waals surface area contributed by atoms with Crippen molar-refractivity contribution in [3.8, 4) is 6.07 Å². The first-order valence-electron chi connectivity index (χ1n) is 7.82. The van der Waals surface area contributed by atoms with Crippen molar-refractivity contribution in [2.24, 2.45) is 11.1 Å². The van der Waals surface area contributed by atoms with Gasteiger partial charge in [0.15, 0.2) is 5.78 Å². The second kappa shape index (κ2) is 5.27. The van der Waals surface area contributed by atoms with E-state index in [2.05, 4.69) is 25.2 Å². The molecule has 1 aromatic carbocycles. The SMILES string of the molecule is Cc1ccccc1C1C(C#N)=C(N)NC2=C1C(=O)CC(C)(C)C2. The lowest BCUT2D eigenvalue weighted by atomic mass is 9.69. The minimum atomic E-state index is -0.360. The maximum Gasteiger partial charge on any atom is 0.162 e. The molecule has 4 nitrogen and oxygen atoms in total. The largest absolute Gasteiger partial charge is 0.384 e. The van der Waals surface area contributed by atoms with Gasteiger partial charge in [0.1, 0.15) is 5.82 Å². The van der Waals surface area contributed by atoms with Crippen LogP contribution >= 0.6 is 0 Å². The third kappa shape index (κ3) is 2.53. The van der Waals surface area contributed by atoms with Gasteiger partial charge >= 0.3 is 0 Å². The quantitative estimate of drug-likeness (QED) is 0.836. The molecule has 118 valence electrons. The highest BCUT2D eigenvalue weighted by molar-refractivity contribution is 6.00. The predicted molar refractivity (Wildman–Crippen MR) is 88.9 cm³/mol. The summed E-state index contributed by atoms with van der Waals surface area (Å²) < 4.78 is 0. The maximum absolute atomic E-state index is 12.8. The lowest BCUT2D eigenvalue weighted by molar-refractivity contribution is -0.118. The van der Waals surface area contributed by atoms with E-state index in [4.69, 9.17) is 5.73 Å². The zero-order valence-electron chi connectivity index (χ0n) is 13.7. The molecule has 2 aliphatic rings. The van der Waals surface area contributed by atoms with Crippen LogP contribution in [0, 0.1) is 23.7 Å². The molecule has 1 atom stereocenters. The number of carbonyl (C=O) groups excluding carboxylic acids is 1. The molecule has 1 unspecified atom stereocenters. The smallest absolute Gasteiger partial charge is 0.162 e. The zero-order valence-corrected chi connectivity index (χ0v) is 13.7. The van der Waals surface area contributed by atoms with Gasteiger partial charge in [-0.1, -0.05) is 38.1 Å². The van der Waals surface area contributed by atoms with Crippen molar-refractivity contribution in [2.45, 2.75) is 39.5 Å². The number of hydrogen-bond acceptors (Lipinski definition) is 4. The van der Waals surface area contributed by atoms with Gasteiger partial charge in [0.2, 0.25) is 0 Å². The summed E-state index contributed by atoms with van der Waals surface area (Å²) in [6, 6.07) is 10.1. The Hall–Kier alpha value is -2.54. The van der Waals surface area contributed by atoms with E-state index in [1.165, 1.54) is 0 Å². The van der Waals surface area contributed by atoms with E-state index in [1.807, 2.05) is 31.2 Å². The second-order valence-electron chi connectivity index (χ2n) is 7.19. The topological polar surface area (TPSA) is 78.9 Å². The van der Waals surface area contributed by atoms with E-state index in [1.54, 1.807) is 0 Å². The predicted octanol–water partition coefficient (Wildman–Crippen LogP) is 3.02. The molecule has 0 aromatic heterocycles. The molecule has 1 aliphatic carbocycles. The second-order valence-corrected chi connectivity index (χ2v) is 7.19. The van der Waals surface area contributed by atoms with Crippen molar-refractivity contribution in [1.29, 1.82) is 5.26 Å². The molecule has 3 N–H and O–H groups in total. The zero-order chi connectivity index (χ0) is 16.8. The number of hydrogen-bond donors (Lipinski definition) is 2. The van der Waals surface area contributed by atoms with Crippen LogP contribution in [0.2, 0.25) is 0 Å². The highest BCUT2D eigenvalue weighted by Gasteiger charge is 2.41. The fourth-order valence-corrected chi connectivity index (χ4v) is 3.66. The number of allylic oxidation sites excluding steroid dienone is 3. The first-order chi connectivity index (χ1) is 10.8. The van der Waals surface area contributed by atoms with Crippen LogP contribution in [-0.4, -0.2) is 5.78 Å². The van der Waals surface area contributed by atoms with Crippen molar-refractivity contribution in [2.75, 3.05) is 0 Å². The average molecular weight is 307 g/mol. The number of ketones is 1. The van der Waals surface area contributed by atoms with Gasteiger partial charge in [0.05, 0.1) is 17.6 Å². The number of carbonyl (C=O) groups is 1. The van der Waals surface area contributed by atoms with Crippen LogP contribution in [-0.2, 0) is 4.79 Å². The van der Waals surface area contributed by atoms with Crippen LogP contribution < -0.4 is 11.1 Å². The molecule has 1 aliphatic heterocycles. The first kappa shape index (κ1) is 15.4. The number of nitrogens with one attached hydrogen (secondary N) is 1. The summed E-state index contributed by atoms with van der Waals surface area (Å²) in [5.41, 5.74) is 10.1. The Morgan fingerprint density at radius 2 is 2.00 bits per heavy atom. The third-order valence-electron chi connectivity index (χ3n) is 4.69. The standard InChI is InChI=1S/C19H21N3O/c1-11-6-4-5-7-12(11)16-13(10-20)18(21)22-14-8-19(2,3)9-15(23)17(14)16/h4-7,16,22H,8-9,21H2,1-3H3. The summed E-state index contributed by atoms with van der Waals surface area (Å²) >= 11 is 0. The van der Waals surface area contributed by atoms with Gasteiger partial charge < -0.3 is 11.1 Å². The minimum Gasteiger partial charge on any atom is -0.384 e. The van der Waals surface area contributed by atoms with Crippen LogP contribution in [0.4, 0.5) is 0 Å². The lowest BCUT2D eigenvalue weighted by Crippen LogP contribution is -2.39. The van der Waals surface area contributed by atoms with Crippen molar-refractivity contribution in [3.63, 3.8) is 0 Å². The lowest BCUT2D eigenvalue weighted by Gasteiger charge is -2.38. The molecule has 1 heterocycles. The monoisotopic (exact) mass is 307 g/mol. The molecule has 1 aromatic rings. The first-order valence-corrected chi connectivity index (χ1v) is 7.82. The number of benzene rings is 1. The molecular weight excluding hydrogens is 286 g/mol. The number of aryl methyl sites for hydroxylation is 1. The Balaban J connectivity index is 2.22. The number of nitrogens with zero attached hydrogens (tertiary/aromatic N) is 1. The molecule has 0 radical (unpaired) electrons. The fraction of sp³-hybridized carbons (Fsp3) is 0.368. The summed E-state index contributed by atoms with van der Waals surface area (Å²) in [6.45, 7) is 6.16. The van der Waals surface area contributed by atoms with Crippen LogP contribution in [0.3, 0.4) is 0 Å². The number of nitrogens with two attached hydrogens (primary N) is 1. The van der Waals surface area contributed by atoms with Gasteiger partial charge in [-0.25, -0.2) is 0 Å². The van der Waals surface area contributed by atoms with Crippen LogP contribution in [0.15, 0.2) is 46.9 Å². The van der Waals surface area contributed by atoms with Crippen LogP contribution in [0.1, 0.15) is 43.7 Å².